The number of benzene rings is 1. The summed E-state index contributed by atoms with van der Waals surface area (Å²) in [6.45, 7) is 4.93. The first-order valence-corrected chi connectivity index (χ1v) is 8.92. The molecule has 1 amide bonds. The third-order valence-corrected chi connectivity index (χ3v) is 3.63. The van der Waals surface area contributed by atoms with Crippen molar-refractivity contribution in [2.75, 3.05) is 26.4 Å². The van der Waals surface area contributed by atoms with Gasteiger partial charge >= 0.3 is 5.82 Å². The number of nitro groups is 1. The molecule has 0 aliphatic heterocycles. The van der Waals surface area contributed by atoms with Crippen LogP contribution in [-0.2, 0) is 11.2 Å². The number of carbonyl (C=O) groups is 1. The Balaban J connectivity index is 1.84. The molecule has 2 rings (SSSR count). The molecule has 0 radical (unpaired) electrons. The zero-order valence-corrected chi connectivity index (χ0v) is 15.8. The van der Waals surface area contributed by atoms with Crippen LogP contribution in [0.1, 0.15) is 19.4 Å². The first kappa shape index (κ1) is 20.9. The lowest BCUT2D eigenvalue weighted by Gasteiger charge is -2.12. The van der Waals surface area contributed by atoms with Gasteiger partial charge in [0.2, 0.25) is 5.75 Å². The van der Waals surface area contributed by atoms with Gasteiger partial charge in [0.1, 0.15) is 6.20 Å². The van der Waals surface area contributed by atoms with Crippen molar-refractivity contribution in [3.8, 4) is 17.2 Å². The Labute approximate surface area is 162 Å². The van der Waals surface area contributed by atoms with Crippen LogP contribution >= 0.6 is 0 Å². The Kier molecular flexibility index (Phi) is 8.01. The van der Waals surface area contributed by atoms with E-state index < -0.39 is 10.7 Å². The van der Waals surface area contributed by atoms with Gasteiger partial charge in [-0.05, 0) is 60.0 Å². The van der Waals surface area contributed by atoms with E-state index in [1.54, 1.807) is 0 Å². The van der Waals surface area contributed by atoms with E-state index in [-0.39, 0.29) is 18.3 Å². The summed E-state index contributed by atoms with van der Waals surface area (Å²) in [7, 11) is 0. The fourth-order valence-corrected chi connectivity index (χ4v) is 2.42. The number of nitrogens with one attached hydrogen (secondary N) is 1. The molecule has 0 fully saturated rings. The van der Waals surface area contributed by atoms with Crippen LogP contribution < -0.4 is 19.5 Å². The average Bonchev–Trinajstić information content (AvgIpc) is 2.69. The van der Waals surface area contributed by atoms with Crippen LogP contribution in [0.3, 0.4) is 0 Å². The smallest absolute Gasteiger partial charge is 0.406 e. The minimum Gasteiger partial charge on any atom is -0.490 e. The summed E-state index contributed by atoms with van der Waals surface area (Å²) in [4.78, 5) is 25.8. The number of pyridine rings is 1. The quantitative estimate of drug-likeness (QED) is 0.464. The number of aromatic nitrogens is 1. The van der Waals surface area contributed by atoms with Crippen molar-refractivity contribution in [1.82, 2.24) is 10.3 Å². The molecule has 0 saturated carbocycles. The van der Waals surface area contributed by atoms with E-state index in [9.17, 15) is 14.9 Å². The minimum atomic E-state index is -0.658. The van der Waals surface area contributed by atoms with E-state index in [1.807, 2.05) is 32.0 Å². The van der Waals surface area contributed by atoms with E-state index in [2.05, 4.69) is 10.3 Å². The van der Waals surface area contributed by atoms with Crippen LogP contribution in [0.25, 0.3) is 0 Å². The lowest BCUT2D eigenvalue weighted by atomic mass is 10.1. The van der Waals surface area contributed by atoms with E-state index in [0.29, 0.717) is 37.7 Å². The van der Waals surface area contributed by atoms with Crippen LogP contribution in [0.4, 0.5) is 5.82 Å². The van der Waals surface area contributed by atoms with Gasteiger partial charge in [-0.15, -0.1) is 0 Å². The maximum atomic E-state index is 11.9. The molecule has 0 bridgehead atoms. The van der Waals surface area contributed by atoms with E-state index >= 15 is 0 Å². The number of ether oxygens (including phenoxy) is 3. The Morgan fingerprint density at radius 1 is 1.11 bits per heavy atom. The molecule has 0 aliphatic carbocycles. The molecule has 1 aromatic heterocycles. The number of hydrogen-bond donors (Lipinski definition) is 1. The topological polar surface area (TPSA) is 113 Å². The van der Waals surface area contributed by atoms with Gasteiger partial charge in [0.25, 0.3) is 5.91 Å². The second kappa shape index (κ2) is 10.7. The number of hydrogen-bond acceptors (Lipinski definition) is 7. The van der Waals surface area contributed by atoms with Crippen LogP contribution in [0, 0.1) is 10.1 Å². The first-order chi connectivity index (χ1) is 13.5. The van der Waals surface area contributed by atoms with Gasteiger partial charge in [-0.25, -0.2) is 0 Å². The summed E-state index contributed by atoms with van der Waals surface area (Å²) < 4.78 is 16.3. The lowest BCUT2D eigenvalue weighted by molar-refractivity contribution is -0.390. The number of rotatable bonds is 11. The molecular formula is C19H23N3O6. The molecule has 150 valence electrons. The van der Waals surface area contributed by atoms with Crippen molar-refractivity contribution >= 4 is 11.7 Å². The third kappa shape index (κ3) is 6.11. The Morgan fingerprint density at radius 2 is 1.86 bits per heavy atom. The van der Waals surface area contributed by atoms with Crippen molar-refractivity contribution in [3.63, 3.8) is 0 Å². The summed E-state index contributed by atoms with van der Waals surface area (Å²) in [5.74, 6) is 0.502. The molecule has 1 N–H and O–H groups in total. The van der Waals surface area contributed by atoms with Gasteiger partial charge in [-0.1, -0.05) is 6.07 Å². The molecule has 2 aromatic rings. The summed E-state index contributed by atoms with van der Waals surface area (Å²) in [5.41, 5.74) is 0.982. The predicted octanol–water partition coefficient (Wildman–Crippen LogP) is 2.52. The average molecular weight is 389 g/mol. The fraction of sp³-hybridized carbons (Fsp3) is 0.368. The normalized spacial score (nSPS) is 10.2. The molecule has 0 saturated heterocycles. The number of nitrogens with zero attached hydrogens (tertiary/aromatic N) is 2. The van der Waals surface area contributed by atoms with Crippen molar-refractivity contribution in [2.24, 2.45) is 0 Å². The third-order valence-electron chi connectivity index (χ3n) is 3.63. The predicted molar refractivity (Wildman–Crippen MR) is 102 cm³/mol. The summed E-state index contributed by atoms with van der Waals surface area (Å²) in [5, 5.41) is 13.6. The summed E-state index contributed by atoms with van der Waals surface area (Å²) in [6.07, 6.45) is 1.88. The Hall–Kier alpha value is -3.36. The maximum Gasteiger partial charge on any atom is 0.406 e. The highest BCUT2D eigenvalue weighted by Crippen LogP contribution is 2.28. The highest BCUT2D eigenvalue weighted by molar-refractivity contribution is 5.77. The molecule has 0 atom stereocenters. The SMILES string of the molecule is CCOc1ccc(CCNC(=O)COc2cccnc2[N+](=O)[O-])cc1OCC. The highest BCUT2D eigenvalue weighted by atomic mass is 16.6. The minimum absolute atomic E-state index is 0.0458. The van der Waals surface area contributed by atoms with Gasteiger partial charge < -0.3 is 29.6 Å². The molecule has 0 spiro atoms. The van der Waals surface area contributed by atoms with Crippen molar-refractivity contribution < 1.29 is 23.9 Å². The van der Waals surface area contributed by atoms with Gasteiger partial charge in [0.15, 0.2) is 18.1 Å². The second-order valence-corrected chi connectivity index (χ2v) is 5.62. The van der Waals surface area contributed by atoms with E-state index in [4.69, 9.17) is 14.2 Å². The van der Waals surface area contributed by atoms with Crippen LogP contribution in [0.5, 0.6) is 17.2 Å². The largest absolute Gasteiger partial charge is 0.490 e. The Morgan fingerprint density at radius 3 is 2.57 bits per heavy atom. The Bertz CT molecular complexity index is 812. The molecule has 1 heterocycles. The van der Waals surface area contributed by atoms with Crippen LogP contribution in [0.2, 0.25) is 0 Å². The van der Waals surface area contributed by atoms with E-state index in [1.165, 1.54) is 18.3 Å². The van der Waals surface area contributed by atoms with Gasteiger partial charge in [-0.2, -0.15) is 0 Å². The summed E-state index contributed by atoms with van der Waals surface area (Å²) in [6, 6.07) is 8.54. The molecule has 0 aliphatic rings. The zero-order valence-electron chi connectivity index (χ0n) is 15.8. The number of carbonyl (C=O) groups excluding carboxylic acids is 1. The maximum absolute atomic E-state index is 11.9. The molecule has 1 aromatic carbocycles. The molecule has 9 nitrogen and oxygen atoms in total. The zero-order chi connectivity index (χ0) is 20.4. The van der Waals surface area contributed by atoms with E-state index in [0.717, 1.165) is 5.56 Å². The van der Waals surface area contributed by atoms with Crippen molar-refractivity contribution in [1.29, 1.82) is 0 Å². The van der Waals surface area contributed by atoms with Gasteiger partial charge in [-0.3, -0.25) is 4.79 Å². The van der Waals surface area contributed by atoms with Crippen LogP contribution in [-0.4, -0.2) is 42.2 Å². The van der Waals surface area contributed by atoms with Crippen LogP contribution in [0.15, 0.2) is 36.5 Å². The van der Waals surface area contributed by atoms with Crippen molar-refractivity contribution in [3.05, 3.63) is 52.2 Å². The first-order valence-electron chi connectivity index (χ1n) is 8.92. The van der Waals surface area contributed by atoms with Gasteiger partial charge in [0.05, 0.1) is 13.2 Å². The molecule has 28 heavy (non-hydrogen) atoms. The molecule has 0 unspecified atom stereocenters. The monoisotopic (exact) mass is 389 g/mol. The molecule has 9 heteroatoms. The van der Waals surface area contributed by atoms with Crippen molar-refractivity contribution in [2.45, 2.75) is 20.3 Å². The second-order valence-electron chi connectivity index (χ2n) is 5.62. The number of amides is 1. The standard InChI is InChI=1S/C19H23N3O6/c1-3-26-15-8-7-14(12-17(15)27-4-2)9-11-20-18(23)13-28-16-6-5-10-21-19(16)22(24)25/h5-8,10,12H,3-4,9,11,13H2,1-2H3,(H,20,23). The lowest BCUT2D eigenvalue weighted by Crippen LogP contribution is -2.30. The molecular weight excluding hydrogens is 366 g/mol. The fourth-order valence-electron chi connectivity index (χ4n) is 2.42. The highest BCUT2D eigenvalue weighted by Gasteiger charge is 2.16. The van der Waals surface area contributed by atoms with Gasteiger partial charge in [0, 0.05) is 6.54 Å². The summed E-state index contributed by atoms with van der Waals surface area (Å²) >= 11 is 0.